The second kappa shape index (κ2) is 6.76. The van der Waals surface area contributed by atoms with E-state index in [4.69, 9.17) is 11.6 Å². The second-order valence-corrected chi connectivity index (χ2v) is 6.91. The molecule has 7 nitrogen and oxygen atoms in total. The lowest BCUT2D eigenvalue weighted by Crippen LogP contribution is -2.18. The lowest BCUT2D eigenvalue weighted by Gasteiger charge is -2.18. The molecule has 1 aliphatic rings. The molecule has 1 saturated carbocycles. The fraction of sp³-hybridized carbons (Fsp3) is 0.429. The number of aromatic nitrogens is 4. The molecule has 0 atom stereocenters. The third kappa shape index (κ3) is 3.94. The zero-order chi connectivity index (χ0) is 16.4. The van der Waals surface area contributed by atoms with Crippen LogP contribution in [0.25, 0.3) is 0 Å². The van der Waals surface area contributed by atoms with Crippen LogP contribution in [0.4, 0.5) is 11.4 Å². The van der Waals surface area contributed by atoms with Gasteiger partial charge in [-0.3, -0.25) is 4.79 Å². The van der Waals surface area contributed by atoms with Crippen LogP contribution in [0.5, 0.6) is 0 Å². The summed E-state index contributed by atoms with van der Waals surface area (Å²) < 4.78 is 1.79. The highest BCUT2D eigenvalue weighted by Gasteiger charge is 2.28. The molecule has 1 aromatic heterocycles. The van der Waals surface area contributed by atoms with Crippen LogP contribution >= 0.6 is 23.4 Å². The van der Waals surface area contributed by atoms with E-state index in [0.717, 1.165) is 18.5 Å². The van der Waals surface area contributed by atoms with Crippen LogP contribution in [0.3, 0.4) is 0 Å². The van der Waals surface area contributed by atoms with Crippen molar-refractivity contribution < 1.29 is 4.79 Å². The van der Waals surface area contributed by atoms with E-state index in [1.807, 2.05) is 25.1 Å². The molecule has 1 aromatic carbocycles. The van der Waals surface area contributed by atoms with Crippen LogP contribution in [0, 0.1) is 0 Å². The highest BCUT2D eigenvalue weighted by atomic mass is 35.5. The minimum absolute atomic E-state index is 0.120. The van der Waals surface area contributed by atoms with Crippen LogP contribution in [0.1, 0.15) is 18.9 Å². The Bertz CT molecular complexity index is 715. The molecule has 23 heavy (non-hydrogen) atoms. The maximum absolute atomic E-state index is 12.2. The number of anilines is 2. The van der Waals surface area contributed by atoms with Crippen molar-refractivity contribution in [2.24, 2.45) is 0 Å². The van der Waals surface area contributed by atoms with Gasteiger partial charge in [-0.2, -0.15) is 0 Å². The van der Waals surface area contributed by atoms with Crippen molar-refractivity contribution >= 4 is 40.6 Å². The van der Waals surface area contributed by atoms with Crippen molar-refractivity contribution in [1.29, 1.82) is 0 Å². The van der Waals surface area contributed by atoms with Crippen molar-refractivity contribution in [1.82, 2.24) is 20.2 Å². The number of halogens is 1. The largest absolute Gasteiger partial charge is 0.376 e. The number of carbonyl (C=O) groups excluding carboxylic acids is 1. The smallest absolute Gasteiger partial charge is 0.234 e. The Morgan fingerprint density at radius 3 is 2.96 bits per heavy atom. The van der Waals surface area contributed by atoms with Gasteiger partial charge in [0.05, 0.1) is 23.2 Å². The molecule has 1 fully saturated rings. The molecule has 0 aliphatic heterocycles. The van der Waals surface area contributed by atoms with Crippen LogP contribution in [0.2, 0.25) is 5.02 Å². The quantitative estimate of drug-likeness (QED) is 0.805. The summed E-state index contributed by atoms with van der Waals surface area (Å²) >= 11 is 7.36. The van der Waals surface area contributed by atoms with E-state index in [2.05, 4.69) is 20.8 Å². The van der Waals surface area contributed by atoms with Crippen molar-refractivity contribution in [2.45, 2.75) is 24.0 Å². The summed E-state index contributed by atoms with van der Waals surface area (Å²) in [5, 5.41) is 15.8. The van der Waals surface area contributed by atoms with E-state index in [-0.39, 0.29) is 11.7 Å². The lowest BCUT2D eigenvalue weighted by molar-refractivity contribution is -0.113. The number of rotatable bonds is 6. The van der Waals surface area contributed by atoms with Gasteiger partial charge in [-0.1, -0.05) is 23.4 Å². The molecule has 0 radical (unpaired) electrons. The van der Waals surface area contributed by atoms with E-state index in [1.165, 1.54) is 11.8 Å². The van der Waals surface area contributed by atoms with Crippen molar-refractivity contribution in [2.75, 3.05) is 30.1 Å². The zero-order valence-corrected chi connectivity index (χ0v) is 14.4. The molecule has 9 heteroatoms. The van der Waals surface area contributed by atoms with Gasteiger partial charge >= 0.3 is 0 Å². The van der Waals surface area contributed by atoms with Crippen LogP contribution in [0.15, 0.2) is 23.4 Å². The van der Waals surface area contributed by atoms with Gasteiger partial charge in [0.1, 0.15) is 0 Å². The Hall–Kier alpha value is -1.80. The third-order valence-corrected chi connectivity index (χ3v) is 4.57. The number of nitrogens with zero attached hydrogens (tertiary/aromatic N) is 5. The maximum atomic E-state index is 12.2. The van der Waals surface area contributed by atoms with Gasteiger partial charge in [-0.15, -0.1) is 5.10 Å². The Morgan fingerprint density at radius 1 is 1.48 bits per heavy atom. The fourth-order valence-electron chi connectivity index (χ4n) is 2.14. The normalized spacial score (nSPS) is 13.9. The summed E-state index contributed by atoms with van der Waals surface area (Å²) in [4.78, 5) is 14.1. The first kappa shape index (κ1) is 16.1. The third-order valence-electron chi connectivity index (χ3n) is 3.40. The monoisotopic (exact) mass is 352 g/mol. The number of benzene rings is 1. The van der Waals surface area contributed by atoms with Crippen molar-refractivity contribution in [3.63, 3.8) is 0 Å². The molecule has 0 spiro atoms. The molecule has 122 valence electrons. The van der Waals surface area contributed by atoms with Crippen molar-refractivity contribution in [3.05, 3.63) is 23.2 Å². The number of amides is 1. The number of carbonyl (C=O) groups is 1. The summed E-state index contributed by atoms with van der Waals surface area (Å²) in [7, 11) is 3.83. The molecule has 1 N–H and O–H groups in total. The number of tetrazole rings is 1. The molecule has 3 rings (SSSR count). The average molecular weight is 353 g/mol. The summed E-state index contributed by atoms with van der Waals surface area (Å²) in [6.45, 7) is 0. The van der Waals surface area contributed by atoms with Gasteiger partial charge in [0.25, 0.3) is 0 Å². The number of nitrogens with one attached hydrogen (secondary N) is 1. The SMILES string of the molecule is CN(C)c1ccc(Cl)cc1NC(=O)CSc1nnnn1C1CC1. The molecule has 1 amide bonds. The summed E-state index contributed by atoms with van der Waals surface area (Å²) in [6, 6.07) is 5.81. The van der Waals surface area contributed by atoms with E-state index in [9.17, 15) is 4.79 Å². The molecular formula is C14H17ClN6OS. The van der Waals surface area contributed by atoms with Crippen LogP contribution in [-0.4, -0.2) is 46.0 Å². The Balaban J connectivity index is 1.63. The van der Waals surface area contributed by atoms with Gasteiger partial charge in [0.15, 0.2) is 0 Å². The lowest BCUT2D eigenvalue weighted by atomic mass is 10.2. The second-order valence-electron chi connectivity index (χ2n) is 5.53. The van der Waals surface area contributed by atoms with E-state index in [0.29, 0.717) is 21.9 Å². The zero-order valence-electron chi connectivity index (χ0n) is 12.9. The molecular weight excluding hydrogens is 336 g/mol. The minimum atomic E-state index is -0.120. The number of thioether (sulfide) groups is 1. The first-order valence-corrected chi connectivity index (χ1v) is 8.58. The Kier molecular flexibility index (Phi) is 4.72. The molecule has 0 unspecified atom stereocenters. The summed E-state index contributed by atoms with van der Waals surface area (Å²) in [5.41, 5.74) is 1.59. The van der Waals surface area contributed by atoms with E-state index < -0.39 is 0 Å². The van der Waals surface area contributed by atoms with E-state index >= 15 is 0 Å². The highest BCUT2D eigenvalue weighted by Crippen LogP contribution is 2.36. The van der Waals surface area contributed by atoms with Crippen molar-refractivity contribution in [3.8, 4) is 0 Å². The number of hydrogen-bond donors (Lipinski definition) is 1. The maximum Gasteiger partial charge on any atom is 0.234 e. The predicted molar refractivity (Wildman–Crippen MR) is 91.2 cm³/mol. The fourth-order valence-corrected chi connectivity index (χ4v) is 3.06. The van der Waals surface area contributed by atoms with Gasteiger partial charge in [0, 0.05) is 19.1 Å². The molecule has 0 saturated heterocycles. The Labute approximate surface area is 143 Å². The highest BCUT2D eigenvalue weighted by molar-refractivity contribution is 7.99. The Morgan fingerprint density at radius 2 is 2.26 bits per heavy atom. The van der Waals surface area contributed by atoms with E-state index in [1.54, 1.807) is 16.8 Å². The summed E-state index contributed by atoms with van der Waals surface area (Å²) in [5.74, 6) is 0.123. The van der Waals surface area contributed by atoms with Gasteiger partial charge in [-0.25, -0.2) is 4.68 Å². The first-order chi connectivity index (χ1) is 11.0. The van der Waals surface area contributed by atoms with Crippen LogP contribution < -0.4 is 10.2 Å². The summed E-state index contributed by atoms with van der Waals surface area (Å²) in [6.07, 6.45) is 2.19. The van der Waals surface area contributed by atoms with Gasteiger partial charge in [0.2, 0.25) is 11.1 Å². The van der Waals surface area contributed by atoms with Crippen LogP contribution in [-0.2, 0) is 4.79 Å². The number of hydrogen-bond acceptors (Lipinski definition) is 6. The standard InChI is InChI=1S/C14H17ClN6OS/c1-20(2)12-6-3-9(15)7-11(12)16-13(22)8-23-14-17-18-19-21(14)10-4-5-10/h3,6-7,10H,4-5,8H2,1-2H3,(H,16,22). The minimum Gasteiger partial charge on any atom is -0.376 e. The first-order valence-electron chi connectivity index (χ1n) is 7.22. The topological polar surface area (TPSA) is 75.9 Å². The van der Waals surface area contributed by atoms with Gasteiger partial charge in [-0.05, 0) is 41.5 Å². The molecule has 1 aliphatic carbocycles. The average Bonchev–Trinajstić information content (AvgIpc) is 3.23. The molecule has 2 aromatic rings. The van der Waals surface area contributed by atoms with Gasteiger partial charge < -0.3 is 10.2 Å². The predicted octanol–water partition coefficient (Wildman–Crippen LogP) is 2.46. The molecule has 1 heterocycles. The molecule has 0 bridgehead atoms.